The third kappa shape index (κ3) is 4.99. The number of nitrogens with two attached hydrogens (primary N) is 1. The van der Waals surface area contributed by atoms with Gasteiger partial charge in [-0.2, -0.15) is 0 Å². The fourth-order valence-corrected chi connectivity index (χ4v) is 3.18. The highest BCUT2D eigenvalue weighted by Crippen LogP contribution is 2.20. The van der Waals surface area contributed by atoms with Gasteiger partial charge >= 0.3 is 0 Å². The summed E-state index contributed by atoms with van der Waals surface area (Å²) in [4.78, 5) is 12.8. The van der Waals surface area contributed by atoms with Crippen LogP contribution in [0.4, 0.5) is 5.69 Å². The van der Waals surface area contributed by atoms with Crippen LogP contribution in [-0.2, 0) is 4.79 Å². The number of hydrogen-bond acceptors (Lipinski definition) is 2. The molecule has 0 aliphatic carbocycles. The zero-order valence-electron chi connectivity index (χ0n) is 16.6. The fourth-order valence-electron chi connectivity index (χ4n) is 3.18. The Morgan fingerprint density at radius 3 is 2.29 bits per heavy atom. The number of quaternary nitrogens is 1. The van der Waals surface area contributed by atoms with Gasteiger partial charge in [-0.1, -0.05) is 66.2 Å². The van der Waals surface area contributed by atoms with Crippen molar-refractivity contribution < 1.29 is 14.8 Å². The Balaban J connectivity index is 1.77. The van der Waals surface area contributed by atoms with Gasteiger partial charge in [-0.05, 0) is 26.0 Å². The standard InChI is InChI=1S/C24H26N2O2/c1-17-12-14-20(15-13-17)23(19-8-5-4-6-9-19)25-18(2)24(27)26-21-10-7-11-22(16-21)28-3/h4-16,18,23,25H,1-3H3,(H,26,27)/p+1/t18-,23+/m0/s1. The molecule has 0 heterocycles. The van der Waals surface area contributed by atoms with Gasteiger partial charge in [-0.25, -0.2) is 0 Å². The molecule has 4 nitrogen and oxygen atoms in total. The predicted octanol–water partition coefficient (Wildman–Crippen LogP) is 3.68. The van der Waals surface area contributed by atoms with Crippen molar-refractivity contribution in [3.8, 4) is 5.75 Å². The van der Waals surface area contributed by atoms with Gasteiger partial charge in [0.1, 0.15) is 11.8 Å². The summed E-state index contributed by atoms with van der Waals surface area (Å²) in [5.41, 5.74) is 4.31. The summed E-state index contributed by atoms with van der Waals surface area (Å²) >= 11 is 0. The van der Waals surface area contributed by atoms with E-state index in [1.807, 2.05) is 49.4 Å². The Labute approximate surface area is 166 Å². The lowest BCUT2D eigenvalue weighted by Gasteiger charge is -2.21. The molecule has 2 atom stereocenters. The highest BCUT2D eigenvalue weighted by Gasteiger charge is 2.24. The molecular weight excluding hydrogens is 348 g/mol. The number of rotatable bonds is 7. The van der Waals surface area contributed by atoms with Gasteiger partial charge in [0, 0.05) is 22.9 Å². The molecule has 144 valence electrons. The van der Waals surface area contributed by atoms with Gasteiger partial charge in [-0.3, -0.25) is 4.79 Å². The van der Waals surface area contributed by atoms with Gasteiger partial charge in [-0.15, -0.1) is 0 Å². The zero-order chi connectivity index (χ0) is 19.9. The highest BCUT2D eigenvalue weighted by atomic mass is 16.5. The molecule has 0 aromatic heterocycles. The van der Waals surface area contributed by atoms with E-state index in [-0.39, 0.29) is 18.0 Å². The van der Waals surface area contributed by atoms with E-state index in [1.165, 1.54) is 16.7 Å². The van der Waals surface area contributed by atoms with Crippen molar-refractivity contribution in [3.63, 3.8) is 0 Å². The Kier molecular flexibility index (Phi) is 6.45. The van der Waals surface area contributed by atoms with E-state index >= 15 is 0 Å². The molecule has 0 fully saturated rings. The minimum atomic E-state index is -0.266. The minimum Gasteiger partial charge on any atom is -0.497 e. The summed E-state index contributed by atoms with van der Waals surface area (Å²) in [6, 6.07) is 26.0. The average molecular weight is 375 g/mol. The maximum absolute atomic E-state index is 12.8. The number of carbonyl (C=O) groups is 1. The van der Waals surface area contributed by atoms with Crippen molar-refractivity contribution in [2.24, 2.45) is 0 Å². The Morgan fingerprint density at radius 2 is 1.61 bits per heavy atom. The van der Waals surface area contributed by atoms with Crippen LogP contribution in [0.3, 0.4) is 0 Å². The average Bonchev–Trinajstić information content (AvgIpc) is 2.73. The topological polar surface area (TPSA) is 54.9 Å². The molecule has 4 heteroatoms. The third-order valence-corrected chi connectivity index (χ3v) is 4.83. The van der Waals surface area contributed by atoms with Gasteiger partial charge in [0.05, 0.1) is 7.11 Å². The number of carbonyl (C=O) groups excluding carboxylic acids is 1. The number of hydrogen-bond donors (Lipinski definition) is 2. The van der Waals surface area contributed by atoms with Crippen LogP contribution < -0.4 is 15.4 Å². The van der Waals surface area contributed by atoms with Gasteiger partial charge in [0.15, 0.2) is 6.04 Å². The van der Waals surface area contributed by atoms with Crippen molar-refractivity contribution in [1.82, 2.24) is 0 Å². The smallest absolute Gasteiger partial charge is 0.282 e. The summed E-state index contributed by atoms with van der Waals surface area (Å²) in [5, 5.41) is 5.09. The molecule has 0 unspecified atom stereocenters. The number of ether oxygens (including phenoxy) is 1. The van der Waals surface area contributed by atoms with Crippen LogP contribution in [0, 0.1) is 6.92 Å². The summed E-state index contributed by atoms with van der Waals surface area (Å²) in [5.74, 6) is 0.678. The molecule has 0 saturated carbocycles. The van der Waals surface area contributed by atoms with Crippen LogP contribution in [0.1, 0.15) is 29.7 Å². The Bertz CT molecular complexity index is 907. The van der Waals surface area contributed by atoms with Gasteiger partial charge in [0.2, 0.25) is 0 Å². The van der Waals surface area contributed by atoms with Crippen LogP contribution in [0.25, 0.3) is 0 Å². The van der Waals surface area contributed by atoms with Crippen molar-refractivity contribution in [3.05, 3.63) is 95.6 Å². The molecule has 28 heavy (non-hydrogen) atoms. The molecule has 0 bridgehead atoms. The first kappa shape index (κ1) is 19.6. The Morgan fingerprint density at radius 1 is 0.929 bits per heavy atom. The minimum absolute atomic E-state index is 0.0405. The molecule has 0 radical (unpaired) electrons. The molecule has 0 saturated heterocycles. The lowest BCUT2D eigenvalue weighted by atomic mass is 9.97. The summed E-state index contributed by atoms with van der Waals surface area (Å²) in [6.07, 6.45) is 0. The van der Waals surface area contributed by atoms with Gasteiger partial charge < -0.3 is 15.4 Å². The fraction of sp³-hybridized carbons (Fsp3) is 0.208. The molecule has 3 rings (SSSR count). The molecule has 1 amide bonds. The number of aryl methyl sites for hydroxylation is 1. The molecule has 0 aliphatic heterocycles. The molecule has 3 aromatic carbocycles. The SMILES string of the molecule is COc1cccc(NC(=O)[C@H](C)[NH2+][C@H](c2ccccc2)c2ccc(C)cc2)c1. The molecule has 0 spiro atoms. The number of nitrogens with one attached hydrogen (secondary N) is 1. The van der Waals surface area contributed by atoms with E-state index in [0.717, 1.165) is 11.4 Å². The second-order valence-electron chi connectivity index (χ2n) is 7.00. The van der Waals surface area contributed by atoms with Crippen LogP contribution >= 0.6 is 0 Å². The zero-order valence-corrected chi connectivity index (χ0v) is 16.6. The lowest BCUT2D eigenvalue weighted by molar-refractivity contribution is -0.704. The molecule has 3 aromatic rings. The number of methoxy groups -OCH3 is 1. The molecule has 3 N–H and O–H groups in total. The van der Waals surface area contributed by atoms with Crippen molar-refractivity contribution >= 4 is 11.6 Å². The van der Waals surface area contributed by atoms with E-state index in [4.69, 9.17) is 4.74 Å². The first-order valence-electron chi connectivity index (χ1n) is 9.48. The molecular formula is C24H27N2O2+. The van der Waals surface area contributed by atoms with Crippen LogP contribution in [0.15, 0.2) is 78.9 Å². The highest BCUT2D eigenvalue weighted by molar-refractivity contribution is 5.93. The van der Waals surface area contributed by atoms with Crippen LogP contribution in [0.5, 0.6) is 5.75 Å². The van der Waals surface area contributed by atoms with Crippen molar-refractivity contribution in [1.29, 1.82) is 0 Å². The third-order valence-electron chi connectivity index (χ3n) is 4.83. The van der Waals surface area contributed by atoms with Crippen LogP contribution in [-0.4, -0.2) is 19.1 Å². The van der Waals surface area contributed by atoms with Crippen LogP contribution in [0.2, 0.25) is 0 Å². The van der Waals surface area contributed by atoms with E-state index in [9.17, 15) is 4.79 Å². The van der Waals surface area contributed by atoms with E-state index < -0.39 is 0 Å². The van der Waals surface area contributed by atoms with Crippen molar-refractivity contribution in [2.45, 2.75) is 25.9 Å². The summed E-state index contributed by atoms with van der Waals surface area (Å²) in [7, 11) is 1.61. The van der Waals surface area contributed by atoms with E-state index in [2.05, 4.69) is 54.0 Å². The van der Waals surface area contributed by atoms with Crippen molar-refractivity contribution in [2.75, 3.05) is 12.4 Å². The lowest BCUT2D eigenvalue weighted by Crippen LogP contribution is -2.92. The first-order chi connectivity index (χ1) is 13.6. The quantitative estimate of drug-likeness (QED) is 0.662. The number of amides is 1. The monoisotopic (exact) mass is 375 g/mol. The summed E-state index contributed by atoms with van der Waals surface area (Å²) < 4.78 is 5.23. The largest absolute Gasteiger partial charge is 0.497 e. The van der Waals surface area contributed by atoms with Gasteiger partial charge in [0.25, 0.3) is 5.91 Å². The Hall–Kier alpha value is -3.11. The maximum Gasteiger partial charge on any atom is 0.282 e. The van der Waals surface area contributed by atoms with E-state index in [0.29, 0.717) is 0 Å². The first-order valence-corrected chi connectivity index (χ1v) is 9.48. The second kappa shape index (κ2) is 9.20. The maximum atomic E-state index is 12.8. The molecule has 0 aliphatic rings. The second-order valence-corrected chi connectivity index (χ2v) is 7.00. The summed E-state index contributed by atoms with van der Waals surface area (Å²) in [6.45, 7) is 4.01. The van der Waals surface area contributed by atoms with E-state index in [1.54, 1.807) is 7.11 Å². The number of benzene rings is 3. The number of anilines is 1. The normalized spacial score (nSPS) is 12.8. The predicted molar refractivity (Wildman–Crippen MR) is 112 cm³/mol.